The van der Waals surface area contributed by atoms with Gasteiger partial charge in [0.25, 0.3) is 10.0 Å². The number of carbonyl (C=O) groups is 1. The molecule has 0 aromatic carbocycles. The van der Waals surface area contributed by atoms with Crippen LogP contribution in [0, 0.1) is 0 Å². The van der Waals surface area contributed by atoms with Crippen LogP contribution in [-0.2, 0) is 14.8 Å². The Kier molecular flexibility index (Phi) is 4.11. The molecular weight excluding hydrogens is 294 g/mol. The molecule has 1 heterocycles. The molecule has 1 aliphatic rings. The first-order valence-corrected chi connectivity index (χ1v) is 8.30. The highest BCUT2D eigenvalue weighted by Crippen LogP contribution is 2.30. The zero-order chi connectivity index (χ0) is 13.3. The Morgan fingerprint density at radius 3 is 2.44 bits per heavy atom. The lowest BCUT2D eigenvalue weighted by Crippen LogP contribution is -2.39. The molecule has 0 bridgehead atoms. The molecule has 1 aliphatic carbocycles. The average molecular weight is 308 g/mol. The number of nitrogens with zero attached hydrogens (tertiary/aromatic N) is 1. The monoisotopic (exact) mass is 307 g/mol. The second kappa shape index (κ2) is 5.28. The van der Waals surface area contributed by atoms with E-state index in [2.05, 4.69) is 0 Å². The van der Waals surface area contributed by atoms with E-state index in [4.69, 9.17) is 11.6 Å². The summed E-state index contributed by atoms with van der Waals surface area (Å²) >= 11 is 6.82. The highest BCUT2D eigenvalue weighted by atomic mass is 35.5. The molecule has 0 N–H and O–H groups in total. The van der Waals surface area contributed by atoms with E-state index in [0.29, 0.717) is 30.0 Å². The van der Waals surface area contributed by atoms with Crippen LogP contribution in [0.15, 0.2) is 16.3 Å². The van der Waals surface area contributed by atoms with Crippen molar-refractivity contribution in [3.8, 4) is 0 Å². The number of ketones is 1. The van der Waals surface area contributed by atoms with Crippen molar-refractivity contribution in [2.24, 2.45) is 0 Å². The predicted octanol–water partition coefficient (Wildman–Crippen LogP) is 2.53. The number of hydrogen-bond donors (Lipinski definition) is 0. The van der Waals surface area contributed by atoms with Crippen molar-refractivity contribution in [2.75, 3.05) is 7.05 Å². The fourth-order valence-electron chi connectivity index (χ4n) is 2.06. The van der Waals surface area contributed by atoms with Crippen LogP contribution in [-0.4, -0.2) is 31.6 Å². The molecule has 1 aromatic heterocycles. The fraction of sp³-hybridized carbons (Fsp3) is 0.545. The summed E-state index contributed by atoms with van der Waals surface area (Å²) in [5.74, 6) is 0.219. The van der Waals surface area contributed by atoms with E-state index in [-0.39, 0.29) is 16.0 Å². The molecule has 0 amide bonds. The van der Waals surface area contributed by atoms with Crippen molar-refractivity contribution < 1.29 is 13.2 Å². The number of rotatable bonds is 3. The molecule has 2 rings (SSSR count). The van der Waals surface area contributed by atoms with Gasteiger partial charge in [0, 0.05) is 25.9 Å². The summed E-state index contributed by atoms with van der Waals surface area (Å²) in [7, 11) is -1.91. The maximum atomic E-state index is 12.3. The summed E-state index contributed by atoms with van der Waals surface area (Å²) in [5.41, 5.74) is 0. The van der Waals surface area contributed by atoms with E-state index < -0.39 is 10.0 Å². The molecule has 0 unspecified atom stereocenters. The highest BCUT2D eigenvalue weighted by Gasteiger charge is 2.31. The summed E-state index contributed by atoms with van der Waals surface area (Å²) < 4.78 is 26.7. The third-order valence-electron chi connectivity index (χ3n) is 3.21. The molecule has 0 aliphatic heterocycles. The van der Waals surface area contributed by atoms with Crippen LogP contribution in [0.5, 0.6) is 0 Å². The third kappa shape index (κ3) is 2.77. The molecule has 0 atom stereocenters. The van der Waals surface area contributed by atoms with E-state index >= 15 is 0 Å². The molecular formula is C11H14ClNO3S2. The molecule has 0 saturated heterocycles. The number of Topliss-reactive ketones (excluding diaryl/α,β-unsaturated/α-hetero) is 1. The normalized spacial score (nSPS) is 18.5. The first-order valence-electron chi connectivity index (χ1n) is 5.66. The van der Waals surface area contributed by atoms with Gasteiger partial charge >= 0.3 is 0 Å². The van der Waals surface area contributed by atoms with Gasteiger partial charge in [-0.05, 0) is 25.0 Å². The molecule has 4 nitrogen and oxygen atoms in total. The van der Waals surface area contributed by atoms with E-state index in [9.17, 15) is 13.2 Å². The Morgan fingerprint density at radius 1 is 1.33 bits per heavy atom. The molecule has 100 valence electrons. The molecule has 0 spiro atoms. The molecule has 18 heavy (non-hydrogen) atoms. The number of thiophene rings is 1. The predicted molar refractivity (Wildman–Crippen MR) is 71.5 cm³/mol. The molecule has 1 fully saturated rings. The van der Waals surface area contributed by atoms with E-state index in [1.54, 1.807) is 13.1 Å². The van der Waals surface area contributed by atoms with Crippen LogP contribution in [0.25, 0.3) is 0 Å². The Morgan fingerprint density at radius 2 is 1.94 bits per heavy atom. The van der Waals surface area contributed by atoms with Crippen LogP contribution in [0.1, 0.15) is 25.7 Å². The van der Waals surface area contributed by atoms with Gasteiger partial charge in [0.2, 0.25) is 0 Å². The van der Waals surface area contributed by atoms with Crippen molar-refractivity contribution in [3.05, 3.63) is 16.5 Å². The number of halogens is 1. The Labute approximate surface area is 116 Å². The number of carbonyl (C=O) groups excluding carboxylic acids is 1. The van der Waals surface area contributed by atoms with Gasteiger partial charge < -0.3 is 0 Å². The average Bonchev–Trinajstić information content (AvgIpc) is 2.76. The second-order valence-corrected chi connectivity index (χ2v) is 8.29. The van der Waals surface area contributed by atoms with Gasteiger partial charge in [0.1, 0.15) is 9.99 Å². The maximum Gasteiger partial charge on any atom is 0.252 e. The van der Waals surface area contributed by atoms with Crippen molar-refractivity contribution in [1.82, 2.24) is 4.31 Å². The highest BCUT2D eigenvalue weighted by molar-refractivity contribution is 7.91. The SMILES string of the molecule is CN(C1CCC(=O)CC1)S(=O)(=O)c1ccc(Cl)s1. The van der Waals surface area contributed by atoms with Gasteiger partial charge in [-0.3, -0.25) is 4.79 Å². The van der Waals surface area contributed by atoms with E-state index in [1.807, 2.05) is 0 Å². The summed E-state index contributed by atoms with van der Waals surface area (Å²) in [6.07, 6.45) is 2.15. The van der Waals surface area contributed by atoms with Gasteiger partial charge in [-0.2, -0.15) is 4.31 Å². The van der Waals surface area contributed by atoms with Crippen molar-refractivity contribution >= 4 is 38.7 Å². The quantitative estimate of drug-likeness (QED) is 0.862. The summed E-state index contributed by atoms with van der Waals surface area (Å²) in [6.45, 7) is 0. The van der Waals surface area contributed by atoms with Crippen molar-refractivity contribution in [2.45, 2.75) is 35.9 Å². The smallest absolute Gasteiger partial charge is 0.252 e. The number of hydrogen-bond acceptors (Lipinski definition) is 4. The third-order valence-corrected chi connectivity index (χ3v) is 6.82. The van der Waals surface area contributed by atoms with Crippen LogP contribution in [0.2, 0.25) is 4.34 Å². The van der Waals surface area contributed by atoms with Crippen LogP contribution < -0.4 is 0 Å². The second-order valence-electron chi connectivity index (χ2n) is 4.35. The van der Waals surface area contributed by atoms with Gasteiger partial charge in [0.15, 0.2) is 0 Å². The summed E-state index contributed by atoms with van der Waals surface area (Å²) in [5, 5.41) is 0. The van der Waals surface area contributed by atoms with E-state index in [0.717, 1.165) is 11.3 Å². The van der Waals surface area contributed by atoms with Crippen molar-refractivity contribution in [1.29, 1.82) is 0 Å². The first-order chi connectivity index (χ1) is 8.41. The Bertz CT molecular complexity index is 542. The standard InChI is InChI=1S/C11H14ClNO3S2/c1-13(8-2-4-9(14)5-3-8)18(15,16)11-7-6-10(12)17-11/h6-8H,2-5H2,1H3. The lowest BCUT2D eigenvalue weighted by molar-refractivity contribution is -0.120. The van der Waals surface area contributed by atoms with Gasteiger partial charge in [-0.15, -0.1) is 11.3 Å². The topological polar surface area (TPSA) is 54.5 Å². The minimum absolute atomic E-state index is 0.0893. The lowest BCUT2D eigenvalue weighted by Gasteiger charge is -2.29. The maximum absolute atomic E-state index is 12.3. The molecule has 0 radical (unpaired) electrons. The van der Waals surface area contributed by atoms with Gasteiger partial charge in [-0.25, -0.2) is 8.42 Å². The first kappa shape index (κ1) is 14.0. The van der Waals surface area contributed by atoms with Crippen LogP contribution >= 0.6 is 22.9 Å². The number of sulfonamides is 1. The molecule has 1 aromatic rings. The van der Waals surface area contributed by atoms with Crippen LogP contribution in [0.4, 0.5) is 0 Å². The Hall–Kier alpha value is -0.430. The fourth-order valence-corrected chi connectivity index (χ4v) is 5.15. The minimum Gasteiger partial charge on any atom is -0.300 e. The molecule has 7 heteroatoms. The summed E-state index contributed by atoms with van der Waals surface area (Å²) in [4.78, 5) is 11.2. The van der Waals surface area contributed by atoms with Crippen LogP contribution in [0.3, 0.4) is 0 Å². The Balaban J connectivity index is 2.17. The zero-order valence-corrected chi connectivity index (χ0v) is 12.3. The largest absolute Gasteiger partial charge is 0.300 e. The minimum atomic E-state index is -3.48. The lowest BCUT2D eigenvalue weighted by atomic mass is 9.95. The van der Waals surface area contributed by atoms with Gasteiger partial charge in [0.05, 0.1) is 4.34 Å². The zero-order valence-electron chi connectivity index (χ0n) is 9.93. The summed E-state index contributed by atoms with van der Waals surface area (Å²) in [6, 6.07) is 3.01. The van der Waals surface area contributed by atoms with Gasteiger partial charge in [-0.1, -0.05) is 11.6 Å². The molecule has 1 saturated carbocycles. The van der Waals surface area contributed by atoms with E-state index in [1.165, 1.54) is 10.4 Å². The van der Waals surface area contributed by atoms with Crippen molar-refractivity contribution in [3.63, 3.8) is 0 Å².